The van der Waals surface area contributed by atoms with E-state index in [0.29, 0.717) is 30.3 Å². The maximum atomic E-state index is 13.5. The van der Waals surface area contributed by atoms with Crippen LogP contribution in [0.1, 0.15) is 43.8 Å². The fraction of sp³-hybridized carbons (Fsp3) is 0.222. The van der Waals surface area contributed by atoms with E-state index < -0.39 is 0 Å². The van der Waals surface area contributed by atoms with Gasteiger partial charge in [0.05, 0.1) is 26.8 Å². The lowest BCUT2D eigenvalue weighted by Gasteiger charge is -2.22. The summed E-state index contributed by atoms with van der Waals surface area (Å²) in [6.07, 6.45) is 0.791. The first-order valence-electron chi connectivity index (χ1n) is 14.8. The van der Waals surface area contributed by atoms with Crippen LogP contribution in [0.25, 0.3) is 0 Å². The number of nitrogens with one attached hydrogen (secondary N) is 1. The van der Waals surface area contributed by atoms with Gasteiger partial charge in [0.15, 0.2) is 23.0 Å². The monoisotopic (exact) mass is 621 g/mol. The van der Waals surface area contributed by atoms with Gasteiger partial charge in [0.2, 0.25) is 6.79 Å². The Bertz CT molecular complexity index is 1690. The molecule has 0 fully saturated rings. The van der Waals surface area contributed by atoms with Crippen LogP contribution in [0.2, 0.25) is 0 Å². The topological polar surface area (TPSA) is 82.2 Å². The van der Waals surface area contributed by atoms with Crippen LogP contribution in [0.3, 0.4) is 0 Å². The van der Waals surface area contributed by atoms with E-state index in [2.05, 4.69) is 22.3 Å². The van der Waals surface area contributed by atoms with Gasteiger partial charge in [0.1, 0.15) is 10.7 Å². The van der Waals surface area contributed by atoms with Gasteiger partial charge in [0, 0.05) is 18.5 Å². The third kappa shape index (κ3) is 7.45. The fourth-order valence-electron chi connectivity index (χ4n) is 5.37. The number of nitrogens with zero attached hydrogens (tertiary/aromatic N) is 2. The van der Waals surface area contributed by atoms with Gasteiger partial charge in [-0.2, -0.15) is 0 Å². The maximum Gasteiger partial charge on any atom is 0.271 e. The van der Waals surface area contributed by atoms with Crippen LogP contribution in [0, 0.1) is 0 Å². The molecule has 1 aliphatic heterocycles. The second kappa shape index (κ2) is 14.3. The van der Waals surface area contributed by atoms with Gasteiger partial charge in [-0.15, -0.1) is 11.3 Å². The average Bonchev–Trinajstić information content (AvgIpc) is 3.76. The van der Waals surface area contributed by atoms with Crippen LogP contribution >= 0.6 is 11.3 Å². The van der Waals surface area contributed by atoms with Gasteiger partial charge in [-0.3, -0.25) is 9.69 Å². The smallest absolute Gasteiger partial charge is 0.271 e. The van der Waals surface area contributed by atoms with Crippen molar-refractivity contribution in [1.82, 2.24) is 15.2 Å². The normalized spacial score (nSPS) is 12.0. The van der Waals surface area contributed by atoms with Crippen molar-refractivity contribution in [3.8, 4) is 23.0 Å². The minimum atomic E-state index is -0.283. The number of hydrogen-bond acceptors (Lipinski definition) is 8. The first kappa shape index (κ1) is 30.2. The molecule has 0 spiro atoms. The zero-order chi connectivity index (χ0) is 31.0. The SMILES string of the molecule is COc1ccc(CCN(Cc2ccc3c(c2)OCO3)Cc2nc(C(=O)NC(c3ccccc3)c3ccccc3)cs2)cc1OC. The molecule has 4 aromatic carbocycles. The van der Waals surface area contributed by atoms with Crippen molar-refractivity contribution in [1.29, 1.82) is 0 Å². The van der Waals surface area contributed by atoms with E-state index in [1.807, 2.05) is 90.3 Å². The lowest BCUT2D eigenvalue weighted by atomic mass is 9.98. The van der Waals surface area contributed by atoms with E-state index in [9.17, 15) is 4.79 Å². The molecule has 0 unspecified atom stereocenters. The molecule has 1 N–H and O–H groups in total. The molecule has 0 atom stereocenters. The molecule has 5 aromatic rings. The van der Waals surface area contributed by atoms with Gasteiger partial charge in [0.25, 0.3) is 5.91 Å². The largest absolute Gasteiger partial charge is 0.493 e. The van der Waals surface area contributed by atoms with Crippen molar-refractivity contribution in [3.63, 3.8) is 0 Å². The lowest BCUT2D eigenvalue weighted by molar-refractivity contribution is 0.0938. The van der Waals surface area contributed by atoms with E-state index in [4.69, 9.17) is 23.9 Å². The number of amides is 1. The minimum absolute atomic E-state index is 0.206. The van der Waals surface area contributed by atoms with Crippen molar-refractivity contribution < 1.29 is 23.7 Å². The average molecular weight is 622 g/mol. The second-order valence-corrected chi connectivity index (χ2v) is 11.6. The third-order valence-corrected chi connectivity index (χ3v) is 8.53. The van der Waals surface area contributed by atoms with E-state index in [1.165, 1.54) is 11.3 Å². The highest BCUT2D eigenvalue weighted by molar-refractivity contribution is 7.09. The zero-order valence-electron chi connectivity index (χ0n) is 25.3. The molecular formula is C36H35N3O5S. The summed E-state index contributed by atoms with van der Waals surface area (Å²) >= 11 is 1.49. The van der Waals surface area contributed by atoms with Crippen molar-refractivity contribution in [2.24, 2.45) is 0 Å². The molecule has 0 radical (unpaired) electrons. The summed E-state index contributed by atoms with van der Waals surface area (Å²) in [5.74, 6) is 2.72. The van der Waals surface area contributed by atoms with Crippen molar-refractivity contribution in [2.45, 2.75) is 25.6 Å². The molecule has 2 heterocycles. The molecule has 0 saturated carbocycles. The fourth-order valence-corrected chi connectivity index (χ4v) is 6.18. The summed E-state index contributed by atoms with van der Waals surface area (Å²) in [5.41, 5.74) is 4.68. The Morgan fingerprint density at radius 2 is 1.53 bits per heavy atom. The molecule has 9 heteroatoms. The van der Waals surface area contributed by atoms with Gasteiger partial charge in [-0.25, -0.2) is 4.98 Å². The van der Waals surface area contributed by atoms with E-state index in [-0.39, 0.29) is 18.7 Å². The number of methoxy groups -OCH3 is 2. The Morgan fingerprint density at radius 3 is 2.24 bits per heavy atom. The van der Waals surface area contributed by atoms with Gasteiger partial charge < -0.3 is 24.3 Å². The number of thiazole rings is 1. The van der Waals surface area contributed by atoms with Crippen LogP contribution < -0.4 is 24.3 Å². The Labute approximate surface area is 267 Å². The molecular weight excluding hydrogens is 586 g/mol. The summed E-state index contributed by atoms with van der Waals surface area (Å²) in [7, 11) is 3.28. The number of benzene rings is 4. The number of hydrogen-bond donors (Lipinski definition) is 1. The van der Waals surface area contributed by atoms with Crippen molar-refractivity contribution in [2.75, 3.05) is 27.6 Å². The number of ether oxygens (including phenoxy) is 4. The first-order valence-corrected chi connectivity index (χ1v) is 15.6. The standard InChI is InChI=1S/C36H35N3O5S/c1-41-30-15-13-25(19-32(30)42-2)17-18-39(21-26-14-16-31-33(20-26)44-24-43-31)22-34-37-29(23-45-34)36(40)38-35(27-9-5-3-6-10-27)28-11-7-4-8-12-28/h3-16,19-20,23,35H,17-18,21-22,24H2,1-2H3,(H,38,40). The first-order chi connectivity index (χ1) is 22.1. The Balaban J connectivity index is 1.18. The van der Waals surface area contributed by atoms with Crippen molar-refractivity contribution in [3.05, 3.63) is 135 Å². The molecule has 1 aromatic heterocycles. The van der Waals surface area contributed by atoms with Crippen LogP contribution in [0.5, 0.6) is 23.0 Å². The Hall–Kier alpha value is -4.86. The van der Waals surface area contributed by atoms with Crippen LogP contribution in [0.4, 0.5) is 0 Å². The highest BCUT2D eigenvalue weighted by Gasteiger charge is 2.21. The molecule has 230 valence electrons. The molecule has 0 saturated heterocycles. The summed E-state index contributed by atoms with van der Waals surface area (Å²) in [4.78, 5) is 20.6. The van der Waals surface area contributed by atoms with E-state index in [0.717, 1.165) is 51.7 Å². The van der Waals surface area contributed by atoms with Gasteiger partial charge >= 0.3 is 0 Å². The quantitative estimate of drug-likeness (QED) is 0.158. The summed E-state index contributed by atoms with van der Waals surface area (Å²) in [6, 6.07) is 31.7. The Morgan fingerprint density at radius 1 is 0.844 bits per heavy atom. The number of carbonyl (C=O) groups excluding carboxylic acids is 1. The highest BCUT2D eigenvalue weighted by Crippen LogP contribution is 2.33. The van der Waals surface area contributed by atoms with Gasteiger partial charge in [-0.1, -0.05) is 72.8 Å². The molecule has 0 aliphatic carbocycles. The second-order valence-electron chi connectivity index (χ2n) is 10.7. The predicted octanol–water partition coefficient (Wildman–Crippen LogP) is 6.65. The lowest BCUT2D eigenvalue weighted by Crippen LogP contribution is -2.29. The predicted molar refractivity (Wildman–Crippen MR) is 174 cm³/mol. The molecule has 0 bridgehead atoms. The molecule has 8 nitrogen and oxygen atoms in total. The van der Waals surface area contributed by atoms with Crippen LogP contribution in [-0.2, 0) is 19.5 Å². The van der Waals surface area contributed by atoms with E-state index >= 15 is 0 Å². The number of rotatable bonds is 13. The Kier molecular flexibility index (Phi) is 9.58. The van der Waals surface area contributed by atoms with Crippen LogP contribution in [0.15, 0.2) is 102 Å². The minimum Gasteiger partial charge on any atom is -0.493 e. The van der Waals surface area contributed by atoms with Gasteiger partial charge in [-0.05, 0) is 52.9 Å². The van der Waals surface area contributed by atoms with Crippen LogP contribution in [-0.4, -0.2) is 43.3 Å². The van der Waals surface area contributed by atoms with E-state index in [1.54, 1.807) is 14.2 Å². The summed E-state index contributed by atoms with van der Waals surface area (Å²) in [5, 5.41) is 5.91. The highest BCUT2D eigenvalue weighted by atomic mass is 32.1. The zero-order valence-corrected chi connectivity index (χ0v) is 26.1. The number of fused-ring (bicyclic) bond motifs is 1. The third-order valence-electron chi connectivity index (χ3n) is 7.69. The summed E-state index contributed by atoms with van der Waals surface area (Å²) < 4.78 is 22.1. The number of carbonyl (C=O) groups is 1. The molecule has 6 rings (SSSR count). The molecule has 1 aliphatic rings. The summed E-state index contributed by atoms with van der Waals surface area (Å²) in [6.45, 7) is 2.26. The number of aromatic nitrogens is 1. The maximum absolute atomic E-state index is 13.5. The molecule has 45 heavy (non-hydrogen) atoms. The van der Waals surface area contributed by atoms with Crippen molar-refractivity contribution >= 4 is 17.2 Å². The molecule has 1 amide bonds.